The molecule has 3 aromatic rings. The first-order valence-electron chi connectivity index (χ1n) is 8.49. The lowest BCUT2D eigenvalue weighted by molar-refractivity contribution is 0.200. The van der Waals surface area contributed by atoms with Gasteiger partial charge in [0, 0.05) is 23.5 Å². The summed E-state index contributed by atoms with van der Waals surface area (Å²) in [6.45, 7) is 6.42. The van der Waals surface area contributed by atoms with E-state index in [9.17, 15) is 4.39 Å². The number of H-pyrrole nitrogens is 1. The summed E-state index contributed by atoms with van der Waals surface area (Å²) in [6, 6.07) is 8.76. The lowest BCUT2D eigenvalue weighted by Crippen LogP contribution is -2.43. The number of benzene rings is 1. The fourth-order valence-corrected chi connectivity index (χ4v) is 3.22. The molecule has 2 heterocycles. The number of halogens is 1. The zero-order valence-corrected chi connectivity index (χ0v) is 14.8. The topological polar surface area (TPSA) is 63.9 Å². The summed E-state index contributed by atoms with van der Waals surface area (Å²) in [5, 5.41) is 0. The smallest absolute Gasteiger partial charge is 0.165 e. The van der Waals surface area contributed by atoms with E-state index in [-0.39, 0.29) is 12.4 Å². The molecule has 0 aliphatic carbocycles. The molecule has 3 N–H and O–H groups in total. The van der Waals surface area contributed by atoms with Gasteiger partial charge in [-0.05, 0) is 49.1 Å². The van der Waals surface area contributed by atoms with E-state index >= 15 is 0 Å². The third kappa shape index (κ3) is 3.99. The van der Waals surface area contributed by atoms with Crippen LogP contribution < -0.4 is 10.5 Å². The Morgan fingerprint density at radius 1 is 1.28 bits per heavy atom. The number of fused-ring (bicyclic) bond motifs is 1. The summed E-state index contributed by atoms with van der Waals surface area (Å²) < 4.78 is 20.2. The van der Waals surface area contributed by atoms with Crippen molar-refractivity contribution in [2.45, 2.75) is 32.7 Å². The van der Waals surface area contributed by atoms with Gasteiger partial charge in [-0.2, -0.15) is 0 Å². The van der Waals surface area contributed by atoms with E-state index in [1.54, 1.807) is 12.3 Å². The van der Waals surface area contributed by atoms with Crippen molar-refractivity contribution < 1.29 is 9.13 Å². The third-order valence-electron chi connectivity index (χ3n) is 4.12. The molecule has 0 radical (unpaired) electrons. The molecular formula is C20H24FN3O. The van der Waals surface area contributed by atoms with Crippen molar-refractivity contribution in [2.75, 3.05) is 6.61 Å². The van der Waals surface area contributed by atoms with Gasteiger partial charge in [0.25, 0.3) is 0 Å². The molecule has 25 heavy (non-hydrogen) atoms. The molecule has 0 saturated carbocycles. The molecule has 1 atom stereocenters. The van der Waals surface area contributed by atoms with Crippen LogP contribution in [0.25, 0.3) is 22.2 Å². The van der Waals surface area contributed by atoms with Gasteiger partial charge >= 0.3 is 0 Å². The first kappa shape index (κ1) is 17.4. The molecule has 0 spiro atoms. The monoisotopic (exact) mass is 341 g/mol. The molecule has 0 aliphatic rings. The number of aromatic nitrogens is 2. The van der Waals surface area contributed by atoms with E-state index in [1.807, 2.05) is 31.3 Å². The molecule has 0 saturated heterocycles. The van der Waals surface area contributed by atoms with Crippen molar-refractivity contribution in [3.05, 3.63) is 48.5 Å². The summed E-state index contributed by atoms with van der Waals surface area (Å²) >= 11 is 0. The van der Waals surface area contributed by atoms with Gasteiger partial charge in [-0.3, -0.25) is 4.98 Å². The molecule has 0 aliphatic heterocycles. The van der Waals surface area contributed by atoms with Gasteiger partial charge in [0.2, 0.25) is 0 Å². The Balaban J connectivity index is 1.81. The zero-order valence-electron chi connectivity index (χ0n) is 14.8. The molecule has 0 fully saturated rings. The predicted molar refractivity (Wildman–Crippen MR) is 99.0 cm³/mol. The van der Waals surface area contributed by atoms with Crippen LogP contribution in [0.3, 0.4) is 0 Å². The standard InChI is InChI=1S/C20H24FN3O/c1-13(2)11-20(3,22)12-25-18-5-4-14(10-16(18)21)15-6-8-23-17-7-9-24-19(15)17/h4-10,13,24H,11-12,22H2,1-3H3. The predicted octanol–water partition coefficient (Wildman–Crippen LogP) is 4.51. The highest BCUT2D eigenvalue weighted by molar-refractivity contribution is 5.91. The van der Waals surface area contributed by atoms with Crippen molar-refractivity contribution in [1.82, 2.24) is 9.97 Å². The molecule has 1 unspecified atom stereocenters. The Bertz CT molecular complexity index is 870. The van der Waals surface area contributed by atoms with E-state index in [2.05, 4.69) is 23.8 Å². The maximum atomic E-state index is 14.5. The summed E-state index contributed by atoms with van der Waals surface area (Å²) in [4.78, 5) is 7.43. The molecule has 4 nitrogen and oxygen atoms in total. The van der Waals surface area contributed by atoms with Crippen LogP contribution in [-0.2, 0) is 0 Å². The summed E-state index contributed by atoms with van der Waals surface area (Å²) in [5.41, 5.74) is 9.17. The molecule has 132 valence electrons. The molecule has 5 heteroatoms. The van der Waals surface area contributed by atoms with Crippen LogP contribution in [-0.4, -0.2) is 22.1 Å². The average molecular weight is 341 g/mol. The second-order valence-corrected chi connectivity index (χ2v) is 7.28. The molecule has 0 bridgehead atoms. The van der Waals surface area contributed by atoms with E-state index in [0.717, 1.165) is 28.6 Å². The Hall–Kier alpha value is -2.40. The Labute approximate surface area is 147 Å². The first-order chi connectivity index (χ1) is 11.9. The Kier molecular flexibility index (Phi) is 4.77. The number of aromatic amines is 1. The quantitative estimate of drug-likeness (QED) is 0.693. The van der Waals surface area contributed by atoms with Crippen LogP contribution >= 0.6 is 0 Å². The molecule has 0 amide bonds. The number of hydrogen-bond acceptors (Lipinski definition) is 3. The van der Waals surface area contributed by atoms with Crippen molar-refractivity contribution >= 4 is 11.0 Å². The van der Waals surface area contributed by atoms with Gasteiger partial charge in [0.15, 0.2) is 11.6 Å². The maximum Gasteiger partial charge on any atom is 0.165 e. The highest BCUT2D eigenvalue weighted by Gasteiger charge is 2.22. The number of ether oxygens (including phenoxy) is 1. The minimum atomic E-state index is -0.485. The molecular weight excluding hydrogens is 317 g/mol. The second-order valence-electron chi connectivity index (χ2n) is 7.28. The van der Waals surface area contributed by atoms with Crippen LogP contribution in [0.1, 0.15) is 27.2 Å². The third-order valence-corrected chi connectivity index (χ3v) is 4.12. The van der Waals surface area contributed by atoms with Gasteiger partial charge in [0.1, 0.15) is 6.61 Å². The van der Waals surface area contributed by atoms with Crippen LogP contribution in [0.5, 0.6) is 5.75 Å². The summed E-state index contributed by atoms with van der Waals surface area (Å²) in [6.07, 6.45) is 4.36. The van der Waals surface area contributed by atoms with Crippen LogP contribution in [0.4, 0.5) is 4.39 Å². The zero-order chi connectivity index (χ0) is 18.0. The summed E-state index contributed by atoms with van der Waals surface area (Å²) in [5.74, 6) is 0.288. The Morgan fingerprint density at radius 3 is 2.80 bits per heavy atom. The fraction of sp³-hybridized carbons (Fsp3) is 0.350. The van der Waals surface area contributed by atoms with Crippen LogP contribution in [0.2, 0.25) is 0 Å². The highest BCUT2D eigenvalue weighted by atomic mass is 19.1. The molecule has 3 rings (SSSR count). The second kappa shape index (κ2) is 6.84. The van der Waals surface area contributed by atoms with Crippen LogP contribution in [0.15, 0.2) is 42.7 Å². The maximum absolute atomic E-state index is 14.5. The van der Waals surface area contributed by atoms with Crippen molar-refractivity contribution in [3.63, 3.8) is 0 Å². The van der Waals surface area contributed by atoms with E-state index < -0.39 is 11.4 Å². The SMILES string of the molecule is CC(C)CC(C)(N)COc1ccc(-c2ccnc3cc[nH]c23)cc1F. The number of nitrogens with two attached hydrogens (primary N) is 1. The number of nitrogens with one attached hydrogen (secondary N) is 1. The number of nitrogens with zero attached hydrogens (tertiary/aromatic N) is 1. The minimum Gasteiger partial charge on any atom is -0.489 e. The average Bonchev–Trinajstić information content (AvgIpc) is 3.01. The van der Waals surface area contributed by atoms with Gasteiger partial charge in [-0.1, -0.05) is 19.9 Å². The first-order valence-corrected chi connectivity index (χ1v) is 8.49. The van der Waals surface area contributed by atoms with Crippen molar-refractivity contribution in [3.8, 4) is 16.9 Å². The lowest BCUT2D eigenvalue weighted by atomic mass is 9.93. The van der Waals surface area contributed by atoms with E-state index in [1.165, 1.54) is 6.07 Å². The van der Waals surface area contributed by atoms with Crippen LogP contribution in [0, 0.1) is 11.7 Å². The lowest BCUT2D eigenvalue weighted by Gasteiger charge is -2.26. The van der Waals surface area contributed by atoms with Crippen molar-refractivity contribution in [2.24, 2.45) is 11.7 Å². The van der Waals surface area contributed by atoms with E-state index in [4.69, 9.17) is 10.5 Å². The van der Waals surface area contributed by atoms with Gasteiger partial charge in [0.05, 0.1) is 11.0 Å². The van der Waals surface area contributed by atoms with Crippen molar-refractivity contribution in [1.29, 1.82) is 0 Å². The van der Waals surface area contributed by atoms with Gasteiger partial charge in [-0.25, -0.2) is 4.39 Å². The number of pyridine rings is 1. The fourth-order valence-electron chi connectivity index (χ4n) is 3.22. The minimum absolute atomic E-state index is 0.223. The summed E-state index contributed by atoms with van der Waals surface area (Å²) in [7, 11) is 0. The van der Waals surface area contributed by atoms with Gasteiger partial charge < -0.3 is 15.5 Å². The molecule has 2 aromatic heterocycles. The van der Waals surface area contributed by atoms with Gasteiger partial charge in [-0.15, -0.1) is 0 Å². The van der Waals surface area contributed by atoms with E-state index in [0.29, 0.717) is 5.92 Å². The normalized spacial score (nSPS) is 14.0. The number of rotatable bonds is 6. The highest BCUT2D eigenvalue weighted by Crippen LogP contribution is 2.30. The molecule has 1 aromatic carbocycles. The largest absolute Gasteiger partial charge is 0.489 e. The Morgan fingerprint density at radius 2 is 2.08 bits per heavy atom. The number of hydrogen-bond donors (Lipinski definition) is 2.